The maximum Gasteiger partial charge on any atom is 0.343 e. The number of aryl methyl sites for hydroxylation is 1. The number of halogens is 1. The monoisotopic (exact) mass is 498 g/mol. The molecule has 4 aromatic carbocycles. The van der Waals surface area contributed by atoms with Crippen molar-refractivity contribution in [3.8, 4) is 11.5 Å². The summed E-state index contributed by atoms with van der Waals surface area (Å²) < 4.78 is 11.2. The van der Waals surface area contributed by atoms with E-state index in [-0.39, 0.29) is 0 Å². The molecule has 180 valence electrons. The van der Waals surface area contributed by atoms with Crippen LogP contribution in [0.4, 0.5) is 0 Å². The summed E-state index contributed by atoms with van der Waals surface area (Å²) in [6.07, 6.45) is 1.50. The molecule has 1 amide bonds. The average molecular weight is 499 g/mol. The van der Waals surface area contributed by atoms with E-state index in [2.05, 4.69) is 10.5 Å². The lowest BCUT2D eigenvalue weighted by Gasteiger charge is -2.10. The molecular formula is C29H23ClN2O4. The Labute approximate surface area is 214 Å². The molecule has 0 saturated heterocycles. The summed E-state index contributed by atoms with van der Waals surface area (Å²) in [5, 5.41) is 4.68. The lowest BCUT2D eigenvalue weighted by atomic mass is 10.1. The van der Waals surface area contributed by atoms with Crippen molar-refractivity contribution in [3.05, 3.63) is 130 Å². The normalized spacial score (nSPS) is 10.7. The first-order valence-electron chi connectivity index (χ1n) is 11.2. The lowest BCUT2D eigenvalue weighted by molar-refractivity contribution is 0.0734. The molecule has 0 aliphatic heterocycles. The van der Waals surface area contributed by atoms with E-state index >= 15 is 0 Å². The molecule has 0 aliphatic carbocycles. The minimum absolute atomic E-state index is 0.297. The van der Waals surface area contributed by atoms with Crippen LogP contribution in [0.1, 0.15) is 37.4 Å². The highest BCUT2D eigenvalue weighted by Gasteiger charge is 2.12. The molecular weight excluding hydrogens is 476 g/mol. The standard InChI is InChI=1S/C29H23ClN2O4/c1-20-5-4-6-23(17-20)29(34)36-25-15-11-21(12-16-25)18-31-32-28(33)26-7-2-3-8-27(26)35-19-22-9-13-24(30)14-10-22/h2-18H,19H2,1H3,(H,32,33)/b31-18+. The van der Waals surface area contributed by atoms with Gasteiger partial charge in [-0.2, -0.15) is 5.10 Å². The Balaban J connectivity index is 1.33. The van der Waals surface area contributed by atoms with E-state index < -0.39 is 11.9 Å². The summed E-state index contributed by atoms with van der Waals surface area (Å²) in [4.78, 5) is 25.0. The highest BCUT2D eigenvalue weighted by Crippen LogP contribution is 2.20. The third-order valence-corrected chi connectivity index (χ3v) is 5.42. The molecule has 0 aromatic heterocycles. The minimum atomic E-state index is -0.427. The second-order valence-corrected chi connectivity index (χ2v) is 8.37. The van der Waals surface area contributed by atoms with Crippen LogP contribution in [0.15, 0.2) is 102 Å². The minimum Gasteiger partial charge on any atom is -0.488 e. The fourth-order valence-corrected chi connectivity index (χ4v) is 3.43. The van der Waals surface area contributed by atoms with Crippen molar-refractivity contribution >= 4 is 29.7 Å². The fourth-order valence-electron chi connectivity index (χ4n) is 3.31. The van der Waals surface area contributed by atoms with Gasteiger partial charge in [0.2, 0.25) is 0 Å². The highest BCUT2D eigenvalue weighted by atomic mass is 35.5. The Bertz CT molecular complexity index is 1380. The first kappa shape index (κ1) is 24.7. The third kappa shape index (κ3) is 6.81. The van der Waals surface area contributed by atoms with Gasteiger partial charge in [0.05, 0.1) is 17.3 Å². The molecule has 1 N–H and O–H groups in total. The van der Waals surface area contributed by atoms with Crippen LogP contribution in [0.25, 0.3) is 0 Å². The van der Waals surface area contributed by atoms with E-state index in [0.29, 0.717) is 34.3 Å². The van der Waals surface area contributed by atoms with Gasteiger partial charge in [0.25, 0.3) is 5.91 Å². The van der Waals surface area contributed by atoms with Crippen molar-refractivity contribution in [2.75, 3.05) is 0 Å². The summed E-state index contributed by atoms with van der Waals surface area (Å²) in [6.45, 7) is 2.21. The van der Waals surface area contributed by atoms with Crippen LogP contribution < -0.4 is 14.9 Å². The van der Waals surface area contributed by atoms with Crippen LogP contribution in [-0.4, -0.2) is 18.1 Å². The van der Waals surface area contributed by atoms with Gasteiger partial charge in [-0.3, -0.25) is 4.79 Å². The molecule has 4 aromatic rings. The molecule has 6 nitrogen and oxygen atoms in total. The number of rotatable bonds is 8. The van der Waals surface area contributed by atoms with Crippen molar-refractivity contribution in [2.45, 2.75) is 13.5 Å². The van der Waals surface area contributed by atoms with Gasteiger partial charge in [-0.15, -0.1) is 0 Å². The van der Waals surface area contributed by atoms with Gasteiger partial charge in [0.1, 0.15) is 18.1 Å². The highest BCUT2D eigenvalue weighted by molar-refractivity contribution is 6.30. The number of hydrazone groups is 1. The van der Waals surface area contributed by atoms with Crippen LogP contribution in [0.2, 0.25) is 5.02 Å². The van der Waals surface area contributed by atoms with Gasteiger partial charge >= 0.3 is 5.97 Å². The van der Waals surface area contributed by atoms with Crippen LogP contribution in [0.3, 0.4) is 0 Å². The Morgan fingerprint density at radius 2 is 1.67 bits per heavy atom. The topological polar surface area (TPSA) is 77.0 Å². The van der Waals surface area contributed by atoms with Gasteiger partial charge in [0, 0.05) is 5.02 Å². The zero-order chi connectivity index (χ0) is 25.3. The van der Waals surface area contributed by atoms with E-state index in [4.69, 9.17) is 21.1 Å². The summed E-state index contributed by atoms with van der Waals surface area (Å²) in [5.41, 5.74) is 6.00. The maximum atomic E-state index is 12.7. The van der Waals surface area contributed by atoms with Crippen molar-refractivity contribution in [1.29, 1.82) is 0 Å². The van der Waals surface area contributed by atoms with Crippen molar-refractivity contribution in [1.82, 2.24) is 5.43 Å². The average Bonchev–Trinajstić information content (AvgIpc) is 2.89. The van der Waals surface area contributed by atoms with Gasteiger partial charge in [0.15, 0.2) is 0 Å². The number of esters is 1. The number of amides is 1. The van der Waals surface area contributed by atoms with E-state index in [1.54, 1.807) is 72.8 Å². The molecule has 7 heteroatoms. The van der Waals surface area contributed by atoms with Crippen LogP contribution in [0.5, 0.6) is 11.5 Å². The molecule has 36 heavy (non-hydrogen) atoms. The third-order valence-electron chi connectivity index (χ3n) is 5.16. The molecule has 0 saturated carbocycles. The predicted molar refractivity (Wildman–Crippen MR) is 140 cm³/mol. The predicted octanol–water partition coefficient (Wildman–Crippen LogP) is 6.21. The number of carbonyl (C=O) groups is 2. The SMILES string of the molecule is Cc1cccc(C(=O)Oc2ccc(/C=N/NC(=O)c3ccccc3OCc3ccc(Cl)cc3)cc2)c1. The van der Waals surface area contributed by atoms with Crippen LogP contribution >= 0.6 is 11.6 Å². The number of para-hydroxylation sites is 1. The molecule has 0 fully saturated rings. The number of hydrogen-bond donors (Lipinski definition) is 1. The molecule has 0 aliphatic rings. The Kier molecular flexibility index (Phi) is 8.11. The Hall–Kier alpha value is -4.42. The molecule has 0 atom stereocenters. The zero-order valence-corrected chi connectivity index (χ0v) is 20.2. The van der Waals surface area contributed by atoms with Crippen molar-refractivity contribution in [2.24, 2.45) is 5.10 Å². The summed E-state index contributed by atoms with van der Waals surface area (Å²) in [5.74, 6) is 0.0281. The van der Waals surface area contributed by atoms with E-state index in [0.717, 1.165) is 16.7 Å². The number of nitrogens with zero attached hydrogens (tertiary/aromatic N) is 1. The fraction of sp³-hybridized carbons (Fsp3) is 0.0690. The quantitative estimate of drug-likeness (QED) is 0.135. The number of carbonyl (C=O) groups excluding carboxylic acids is 2. The summed E-state index contributed by atoms with van der Waals surface area (Å²) >= 11 is 5.92. The molecule has 0 spiro atoms. The zero-order valence-electron chi connectivity index (χ0n) is 19.5. The molecule has 4 rings (SSSR count). The number of ether oxygens (including phenoxy) is 2. The van der Waals surface area contributed by atoms with Crippen LogP contribution in [0, 0.1) is 6.92 Å². The summed E-state index contributed by atoms with van der Waals surface area (Å²) in [7, 11) is 0. The van der Waals surface area contributed by atoms with Crippen molar-refractivity contribution < 1.29 is 19.1 Å². The number of hydrogen-bond acceptors (Lipinski definition) is 5. The van der Waals surface area contributed by atoms with Crippen LogP contribution in [-0.2, 0) is 6.61 Å². The molecule has 0 radical (unpaired) electrons. The number of nitrogens with one attached hydrogen (secondary N) is 1. The Morgan fingerprint density at radius 1 is 0.917 bits per heavy atom. The first-order chi connectivity index (χ1) is 17.5. The molecule has 0 unspecified atom stereocenters. The van der Waals surface area contributed by atoms with E-state index in [1.807, 2.05) is 31.2 Å². The smallest absolute Gasteiger partial charge is 0.343 e. The summed E-state index contributed by atoms with van der Waals surface area (Å²) in [6, 6.07) is 28.2. The first-order valence-corrected chi connectivity index (χ1v) is 11.5. The van der Waals surface area contributed by atoms with Gasteiger partial charge in [-0.25, -0.2) is 10.2 Å². The molecule has 0 bridgehead atoms. The van der Waals surface area contributed by atoms with Gasteiger partial charge in [-0.05, 0) is 78.7 Å². The maximum absolute atomic E-state index is 12.7. The molecule has 0 heterocycles. The second-order valence-electron chi connectivity index (χ2n) is 7.94. The van der Waals surface area contributed by atoms with E-state index in [9.17, 15) is 9.59 Å². The van der Waals surface area contributed by atoms with Gasteiger partial charge < -0.3 is 9.47 Å². The lowest BCUT2D eigenvalue weighted by Crippen LogP contribution is -2.18. The largest absolute Gasteiger partial charge is 0.488 e. The van der Waals surface area contributed by atoms with Crippen molar-refractivity contribution in [3.63, 3.8) is 0 Å². The second kappa shape index (κ2) is 11.8. The number of benzene rings is 4. The Morgan fingerprint density at radius 3 is 2.42 bits per heavy atom. The van der Waals surface area contributed by atoms with E-state index in [1.165, 1.54) is 6.21 Å². The van der Waals surface area contributed by atoms with Gasteiger partial charge in [-0.1, -0.05) is 53.6 Å².